The molecule has 1 aromatic heterocycles. The first kappa shape index (κ1) is 27.3. The molecule has 0 atom stereocenters. The minimum Gasteiger partial charge on any atom is -0.381 e. The Hall–Kier alpha value is -4.26. The highest BCUT2D eigenvalue weighted by molar-refractivity contribution is 5.81. The zero-order chi connectivity index (χ0) is 27.9. The molecule has 1 N–H and O–H groups in total. The van der Waals surface area contributed by atoms with Crippen LogP contribution in [0.4, 0.5) is 28.4 Å². The maximum absolute atomic E-state index is 5.17. The minimum absolute atomic E-state index is 0.816. The lowest BCUT2D eigenvalue weighted by molar-refractivity contribution is -0.648. The molecule has 3 aromatic carbocycles. The fraction of sp³-hybridized carbons (Fsp3) is 0.333. The number of aromatic nitrogens is 2. The first-order valence-electron chi connectivity index (χ1n) is 14.6. The molecule has 0 radical (unpaired) electrons. The van der Waals surface area contributed by atoms with E-state index in [9.17, 15) is 0 Å². The summed E-state index contributed by atoms with van der Waals surface area (Å²) >= 11 is 0. The van der Waals surface area contributed by atoms with E-state index in [0.717, 1.165) is 85.3 Å². The van der Waals surface area contributed by atoms with Crippen LogP contribution in [-0.2, 0) is 6.42 Å². The topological polar surface area (TPSA) is 60.0 Å². The van der Waals surface area contributed by atoms with Crippen molar-refractivity contribution in [1.29, 1.82) is 0 Å². The standard InChI is InChI=1S/C33H39N7/c1-5-38(6-2)27-18-16-26(17-19-27)35-36-32-31-30(15-12-24-34-31)37-40(33(32)25-13-10-9-11-14-25)29-22-20-28(21-23-29)39(7-3)8-4/h9-11,13-14,16-23H,5-8,12,15,24H2,1-4H3/p+1. The first-order chi connectivity index (χ1) is 19.7. The van der Waals surface area contributed by atoms with E-state index < -0.39 is 0 Å². The van der Waals surface area contributed by atoms with Gasteiger partial charge in [-0.3, -0.25) is 0 Å². The molecule has 0 spiro atoms. The molecular weight excluding hydrogens is 494 g/mol. The summed E-state index contributed by atoms with van der Waals surface area (Å²) in [6.45, 7) is 13.5. The largest absolute Gasteiger partial charge is 0.381 e. The van der Waals surface area contributed by atoms with Gasteiger partial charge in [-0.2, -0.15) is 5.11 Å². The van der Waals surface area contributed by atoms with Gasteiger partial charge in [0.15, 0.2) is 5.69 Å². The SMILES string of the molecule is CCN(CC)c1ccc(N=Nc2c3c(n[n+](-c4ccc(N(CC)CC)cc4)c2-c2ccccc2)CCCN3)cc1. The molecule has 5 rings (SSSR count). The summed E-state index contributed by atoms with van der Waals surface area (Å²) in [7, 11) is 0. The molecule has 206 valence electrons. The third-order valence-electron chi connectivity index (χ3n) is 7.59. The Kier molecular flexibility index (Phi) is 8.69. The highest BCUT2D eigenvalue weighted by Crippen LogP contribution is 2.39. The Morgan fingerprint density at radius 2 is 1.35 bits per heavy atom. The van der Waals surface area contributed by atoms with E-state index >= 15 is 0 Å². The highest BCUT2D eigenvalue weighted by atomic mass is 15.3. The van der Waals surface area contributed by atoms with Gasteiger partial charge in [0.25, 0.3) is 5.69 Å². The summed E-state index contributed by atoms with van der Waals surface area (Å²) in [4.78, 5) is 4.67. The normalized spacial score (nSPS) is 12.7. The predicted octanol–water partition coefficient (Wildman–Crippen LogP) is 7.49. The number of aryl methyl sites for hydroxylation is 1. The van der Waals surface area contributed by atoms with Crippen molar-refractivity contribution in [1.82, 2.24) is 5.10 Å². The molecule has 40 heavy (non-hydrogen) atoms. The molecule has 1 aliphatic heterocycles. The summed E-state index contributed by atoms with van der Waals surface area (Å²) in [6.07, 6.45) is 1.94. The highest BCUT2D eigenvalue weighted by Gasteiger charge is 2.31. The van der Waals surface area contributed by atoms with Crippen LogP contribution < -0.4 is 19.8 Å². The van der Waals surface area contributed by atoms with Crippen molar-refractivity contribution in [2.24, 2.45) is 10.2 Å². The van der Waals surface area contributed by atoms with Gasteiger partial charge >= 0.3 is 0 Å². The van der Waals surface area contributed by atoms with Crippen molar-refractivity contribution in [3.8, 4) is 16.9 Å². The number of nitrogens with zero attached hydrogens (tertiary/aromatic N) is 6. The van der Waals surface area contributed by atoms with E-state index in [1.165, 1.54) is 11.4 Å². The number of fused-ring (bicyclic) bond motifs is 1. The van der Waals surface area contributed by atoms with Gasteiger partial charge in [0.2, 0.25) is 5.69 Å². The van der Waals surface area contributed by atoms with Gasteiger partial charge in [0.1, 0.15) is 5.69 Å². The van der Waals surface area contributed by atoms with E-state index in [1.807, 2.05) is 22.9 Å². The Morgan fingerprint density at radius 1 is 0.750 bits per heavy atom. The van der Waals surface area contributed by atoms with Gasteiger partial charge in [-0.05, 0) is 93.7 Å². The number of hydrogen-bond donors (Lipinski definition) is 1. The molecule has 0 amide bonds. The average molecular weight is 535 g/mol. The van der Waals surface area contributed by atoms with Crippen molar-refractivity contribution in [2.45, 2.75) is 40.5 Å². The van der Waals surface area contributed by atoms with Crippen LogP contribution >= 0.6 is 0 Å². The van der Waals surface area contributed by atoms with Crippen LogP contribution in [0.2, 0.25) is 0 Å². The number of benzene rings is 3. The maximum atomic E-state index is 5.17. The van der Waals surface area contributed by atoms with Crippen molar-refractivity contribution in [2.75, 3.05) is 47.8 Å². The number of anilines is 3. The summed E-state index contributed by atoms with van der Waals surface area (Å²) < 4.78 is 2.05. The van der Waals surface area contributed by atoms with Gasteiger partial charge in [0.05, 0.1) is 16.9 Å². The lowest BCUT2D eigenvalue weighted by atomic mass is 10.0. The van der Waals surface area contributed by atoms with Crippen LogP contribution in [0.5, 0.6) is 0 Å². The molecule has 0 saturated carbocycles. The summed E-state index contributed by atoms with van der Waals surface area (Å²) in [5.41, 5.74) is 9.02. The molecule has 4 aromatic rings. The quantitative estimate of drug-likeness (QED) is 0.169. The van der Waals surface area contributed by atoms with Crippen molar-refractivity contribution in [3.05, 3.63) is 84.6 Å². The van der Waals surface area contributed by atoms with Crippen LogP contribution in [0.3, 0.4) is 0 Å². The fourth-order valence-corrected chi connectivity index (χ4v) is 5.37. The summed E-state index contributed by atoms with van der Waals surface area (Å²) in [6, 6.07) is 27.4. The second-order valence-corrected chi connectivity index (χ2v) is 9.90. The van der Waals surface area contributed by atoms with Crippen LogP contribution in [-0.4, -0.2) is 37.8 Å². The Labute approximate surface area is 238 Å². The van der Waals surface area contributed by atoms with Gasteiger partial charge in [-0.25, -0.2) is 0 Å². The smallest absolute Gasteiger partial charge is 0.275 e. The molecule has 0 unspecified atom stereocenters. The molecule has 0 aliphatic carbocycles. The zero-order valence-electron chi connectivity index (χ0n) is 24.1. The zero-order valence-corrected chi connectivity index (χ0v) is 24.1. The summed E-state index contributed by atoms with van der Waals surface area (Å²) in [5.74, 6) is 0. The van der Waals surface area contributed by atoms with E-state index in [1.54, 1.807) is 0 Å². The monoisotopic (exact) mass is 534 g/mol. The van der Waals surface area contributed by atoms with Gasteiger partial charge in [0, 0.05) is 61.3 Å². The average Bonchev–Trinajstić information content (AvgIpc) is 3.02. The summed E-state index contributed by atoms with van der Waals surface area (Å²) in [5, 5.41) is 18.4. The molecule has 7 heteroatoms. The molecule has 0 saturated heterocycles. The van der Waals surface area contributed by atoms with Crippen LogP contribution in [0.15, 0.2) is 89.1 Å². The number of rotatable bonds is 10. The Balaban J connectivity index is 1.64. The van der Waals surface area contributed by atoms with Crippen molar-refractivity contribution in [3.63, 3.8) is 0 Å². The van der Waals surface area contributed by atoms with Gasteiger partial charge < -0.3 is 15.1 Å². The van der Waals surface area contributed by atoms with Gasteiger partial charge in [-0.1, -0.05) is 18.2 Å². The van der Waals surface area contributed by atoms with Gasteiger partial charge in [-0.15, -0.1) is 5.11 Å². The third kappa shape index (κ3) is 5.69. The van der Waals surface area contributed by atoms with Crippen LogP contribution in [0.1, 0.15) is 39.8 Å². The molecule has 1 aliphatic rings. The van der Waals surface area contributed by atoms with E-state index in [-0.39, 0.29) is 0 Å². The van der Waals surface area contributed by atoms with Crippen molar-refractivity contribution >= 4 is 28.4 Å². The molecular formula is C33H40N7+. The lowest BCUT2D eigenvalue weighted by Gasteiger charge is -2.21. The number of azo groups is 1. The van der Waals surface area contributed by atoms with E-state index in [0.29, 0.717) is 0 Å². The predicted molar refractivity (Wildman–Crippen MR) is 166 cm³/mol. The molecule has 2 heterocycles. The second kappa shape index (κ2) is 12.7. The lowest BCUT2D eigenvalue weighted by Crippen LogP contribution is -2.40. The third-order valence-corrected chi connectivity index (χ3v) is 7.59. The van der Waals surface area contributed by atoms with E-state index in [2.05, 4.69) is 103 Å². The fourth-order valence-electron chi connectivity index (χ4n) is 5.37. The number of nitrogens with one attached hydrogen (secondary N) is 1. The minimum atomic E-state index is 0.816. The molecule has 7 nitrogen and oxygen atoms in total. The molecule has 0 fully saturated rings. The van der Waals surface area contributed by atoms with E-state index in [4.69, 9.17) is 15.3 Å². The molecule has 0 bridgehead atoms. The Morgan fingerprint density at radius 3 is 1.95 bits per heavy atom. The van der Waals surface area contributed by atoms with Crippen molar-refractivity contribution < 1.29 is 4.68 Å². The van der Waals surface area contributed by atoms with Crippen LogP contribution in [0, 0.1) is 0 Å². The first-order valence-corrected chi connectivity index (χ1v) is 14.6. The van der Waals surface area contributed by atoms with Crippen LogP contribution in [0.25, 0.3) is 16.9 Å². The maximum Gasteiger partial charge on any atom is 0.275 e. The Bertz CT molecular complexity index is 1420. The second-order valence-electron chi connectivity index (χ2n) is 9.90. The number of hydrogen-bond acceptors (Lipinski definition) is 6.